The Hall–Kier alpha value is -5.55. The van der Waals surface area contributed by atoms with Crippen molar-refractivity contribution in [3.8, 4) is 0 Å². The van der Waals surface area contributed by atoms with Crippen molar-refractivity contribution in [1.82, 2.24) is 29.5 Å². The fourth-order valence-corrected chi connectivity index (χ4v) is 5.06. The van der Waals surface area contributed by atoms with Crippen LogP contribution in [0.1, 0.15) is 11.1 Å². The molecule has 1 aliphatic rings. The molecule has 0 saturated heterocycles. The number of likely N-dealkylation sites (N-methyl/N-ethyl adjacent to an activating group) is 1. The number of nitrogens with one attached hydrogen (secondary N) is 2. The molecule has 0 bridgehead atoms. The van der Waals surface area contributed by atoms with Crippen molar-refractivity contribution in [1.29, 1.82) is 0 Å². The van der Waals surface area contributed by atoms with Gasteiger partial charge in [0.15, 0.2) is 5.82 Å². The van der Waals surface area contributed by atoms with Gasteiger partial charge in [0.2, 0.25) is 11.9 Å². The van der Waals surface area contributed by atoms with Crippen molar-refractivity contribution < 1.29 is 9.59 Å². The minimum atomic E-state index is -0.251. The average Bonchev–Trinajstić information content (AvgIpc) is 3.38. The second-order valence-electron chi connectivity index (χ2n) is 10.9. The standard InChI is InChI=1S/C33H33N9O2/c1-39(2)16-8-13-30(43)36-26-11-7-12-28(17-26)42-31-25(22-41(33(42)44)21-23-9-5-4-6-10-23)19-34-32(38-31)37-27-15-14-24-20-35-40(3)29(24)18-27/h4-15,17-20H,16,21-22H2,1-3H3,(H,36,43)(H,34,37,38)/b13-8+. The highest BCUT2D eigenvalue weighted by atomic mass is 16.2. The molecule has 0 atom stereocenters. The van der Waals surface area contributed by atoms with Gasteiger partial charge in [-0.3, -0.25) is 9.48 Å². The SMILES string of the molecule is CN(C)C/C=C/C(=O)Nc1cccc(N2C(=O)N(Cc3ccccc3)Cc3cnc(Nc4ccc5cnn(C)c5c4)nc32)c1. The number of anilines is 5. The van der Waals surface area contributed by atoms with Crippen LogP contribution < -0.4 is 15.5 Å². The van der Waals surface area contributed by atoms with Gasteiger partial charge in [-0.1, -0.05) is 42.5 Å². The molecule has 0 saturated carbocycles. The Kier molecular flexibility index (Phi) is 8.02. The molecule has 1 aliphatic heterocycles. The van der Waals surface area contributed by atoms with E-state index in [1.54, 1.807) is 45.0 Å². The second kappa shape index (κ2) is 12.4. The molecule has 0 spiro atoms. The van der Waals surface area contributed by atoms with Crippen molar-refractivity contribution in [3.63, 3.8) is 0 Å². The van der Waals surface area contributed by atoms with E-state index < -0.39 is 0 Å². The van der Waals surface area contributed by atoms with Gasteiger partial charge in [-0.15, -0.1) is 0 Å². The molecule has 5 aromatic rings. The van der Waals surface area contributed by atoms with Gasteiger partial charge in [-0.05, 0) is 56.1 Å². The van der Waals surface area contributed by atoms with Crippen LogP contribution in [0, 0.1) is 0 Å². The van der Waals surface area contributed by atoms with Crippen LogP contribution in [0.2, 0.25) is 0 Å². The molecule has 3 heterocycles. The third kappa shape index (κ3) is 6.27. The van der Waals surface area contributed by atoms with Crippen molar-refractivity contribution in [2.45, 2.75) is 13.1 Å². The van der Waals surface area contributed by atoms with Gasteiger partial charge in [0.25, 0.3) is 0 Å². The zero-order chi connectivity index (χ0) is 30.6. The lowest BCUT2D eigenvalue weighted by Crippen LogP contribution is -2.45. The summed E-state index contributed by atoms with van der Waals surface area (Å²) in [4.78, 5) is 41.4. The molecule has 0 unspecified atom stereocenters. The first-order valence-corrected chi connectivity index (χ1v) is 14.2. The van der Waals surface area contributed by atoms with E-state index in [2.05, 4.69) is 20.7 Å². The van der Waals surface area contributed by atoms with Gasteiger partial charge in [0, 0.05) is 54.7 Å². The topological polar surface area (TPSA) is 112 Å². The fraction of sp³-hybridized carbons (Fsp3) is 0.182. The number of urea groups is 1. The second-order valence-corrected chi connectivity index (χ2v) is 10.9. The summed E-state index contributed by atoms with van der Waals surface area (Å²) in [5, 5.41) is 11.5. The van der Waals surface area contributed by atoms with E-state index in [9.17, 15) is 9.59 Å². The first-order valence-electron chi connectivity index (χ1n) is 14.2. The van der Waals surface area contributed by atoms with Crippen molar-refractivity contribution in [2.24, 2.45) is 7.05 Å². The Labute approximate surface area is 255 Å². The highest BCUT2D eigenvalue weighted by Crippen LogP contribution is 2.36. The summed E-state index contributed by atoms with van der Waals surface area (Å²) in [6.07, 6.45) is 6.87. The Morgan fingerprint density at radius 3 is 2.66 bits per heavy atom. The summed E-state index contributed by atoms with van der Waals surface area (Å²) in [5.41, 5.74) is 4.72. The van der Waals surface area contributed by atoms with E-state index in [0.29, 0.717) is 42.8 Å². The largest absolute Gasteiger partial charge is 0.330 e. The molecule has 222 valence electrons. The third-order valence-electron chi connectivity index (χ3n) is 7.21. The van der Waals surface area contributed by atoms with Crippen molar-refractivity contribution >= 4 is 51.7 Å². The number of nitrogens with zero attached hydrogens (tertiary/aromatic N) is 7. The maximum Gasteiger partial charge on any atom is 0.330 e. The zero-order valence-electron chi connectivity index (χ0n) is 24.8. The highest BCUT2D eigenvalue weighted by molar-refractivity contribution is 6.03. The lowest BCUT2D eigenvalue weighted by atomic mass is 10.1. The van der Waals surface area contributed by atoms with Crippen molar-refractivity contribution in [2.75, 3.05) is 36.2 Å². The van der Waals surface area contributed by atoms with E-state index in [1.165, 1.54) is 6.08 Å². The average molecular weight is 588 g/mol. The fourth-order valence-electron chi connectivity index (χ4n) is 5.06. The number of aryl methyl sites for hydroxylation is 1. The number of aromatic nitrogens is 4. The normalized spacial score (nSPS) is 13.1. The van der Waals surface area contributed by atoms with Crippen LogP contribution >= 0.6 is 0 Å². The Balaban J connectivity index is 1.33. The molecule has 11 nitrogen and oxygen atoms in total. The third-order valence-corrected chi connectivity index (χ3v) is 7.21. The predicted octanol–water partition coefficient (Wildman–Crippen LogP) is 5.44. The van der Waals surface area contributed by atoms with Crippen molar-refractivity contribution in [3.05, 3.63) is 108 Å². The van der Waals surface area contributed by atoms with Crippen LogP contribution in [0.15, 0.2) is 97.3 Å². The minimum Gasteiger partial charge on any atom is -0.324 e. The number of benzene rings is 3. The zero-order valence-corrected chi connectivity index (χ0v) is 24.8. The first-order chi connectivity index (χ1) is 21.3. The lowest BCUT2D eigenvalue weighted by Gasteiger charge is -2.36. The van der Waals surface area contributed by atoms with E-state index in [0.717, 1.165) is 27.7 Å². The van der Waals surface area contributed by atoms with Crippen LogP contribution in [0.3, 0.4) is 0 Å². The summed E-state index contributed by atoms with van der Waals surface area (Å²) < 4.78 is 1.81. The number of carbonyl (C=O) groups excluding carboxylic acids is 2. The van der Waals surface area contributed by atoms with Crippen LogP contribution in [0.5, 0.6) is 0 Å². The number of amides is 3. The molecule has 2 aromatic heterocycles. The Morgan fingerprint density at radius 1 is 1.00 bits per heavy atom. The van der Waals surface area contributed by atoms with Crippen LogP contribution in [0.25, 0.3) is 10.9 Å². The molecule has 11 heteroatoms. The predicted molar refractivity (Wildman–Crippen MR) is 172 cm³/mol. The van der Waals surface area contributed by atoms with Gasteiger partial charge in [0.05, 0.1) is 23.9 Å². The highest BCUT2D eigenvalue weighted by Gasteiger charge is 2.33. The molecule has 0 aliphatic carbocycles. The first kappa shape index (κ1) is 28.6. The van der Waals surface area contributed by atoms with E-state index >= 15 is 0 Å². The van der Waals surface area contributed by atoms with E-state index in [-0.39, 0.29) is 11.9 Å². The van der Waals surface area contributed by atoms with Crippen LogP contribution in [-0.4, -0.2) is 62.1 Å². The van der Waals surface area contributed by atoms with Gasteiger partial charge < -0.3 is 20.4 Å². The summed E-state index contributed by atoms with van der Waals surface area (Å²) in [5.74, 6) is 0.585. The monoisotopic (exact) mass is 587 g/mol. The Morgan fingerprint density at radius 2 is 1.84 bits per heavy atom. The maximum absolute atomic E-state index is 14.1. The number of carbonyl (C=O) groups is 2. The number of fused-ring (bicyclic) bond motifs is 2. The lowest BCUT2D eigenvalue weighted by molar-refractivity contribution is -0.111. The van der Waals surface area contributed by atoms with E-state index in [1.807, 2.05) is 86.8 Å². The smallest absolute Gasteiger partial charge is 0.324 e. The van der Waals surface area contributed by atoms with Gasteiger partial charge >= 0.3 is 6.03 Å². The number of hydrogen-bond donors (Lipinski definition) is 2. The van der Waals surface area contributed by atoms with Crippen LogP contribution in [-0.2, 0) is 24.9 Å². The summed E-state index contributed by atoms with van der Waals surface area (Å²) >= 11 is 0. The molecule has 0 fully saturated rings. The summed E-state index contributed by atoms with van der Waals surface area (Å²) in [6.45, 7) is 1.43. The number of hydrogen-bond acceptors (Lipinski definition) is 7. The van der Waals surface area contributed by atoms with Gasteiger partial charge in [-0.25, -0.2) is 14.7 Å². The van der Waals surface area contributed by atoms with Gasteiger partial charge in [0.1, 0.15) is 0 Å². The quantitative estimate of drug-likeness (QED) is 0.221. The van der Waals surface area contributed by atoms with E-state index in [4.69, 9.17) is 4.98 Å². The summed E-state index contributed by atoms with van der Waals surface area (Å²) in [6, 6.07) is 22.7. The molecular weight excluding hydrogens is 554 g/mol. The Bertz CT molecular complexity index is 1850. The summed E-state index contributed by atoms with van der Waals surface area (Å²) in [7, 11) is 5.76. The maximum atomic E-state index is 14.1. The van der Waals surface area contributed by atoms with Crippen LogP contribution in [0.4, 0.5) is 33.6 Å². The molecule has 44 heavy (non-hydrogen) atoms. The molecule has 3 aromatic carbocycles. The minimum absolute atomic E-state index is 0.225. The molecule has 6 rings (SSSR count). The number of rotatable bonds is 9. The molecule has 0 radical (unpaired) electrons. The molecular formula is C33H33N9O2. The molecule has 2 N–H and O–H groups in total. The molecule has 3 amide bonds. The van der Waals surface area contributed by atoms with Gasteiger partial charge in [-0.2, -0.15) is 10.1 Å².